The molecular formula is C38H60S. The van der Waals surface area contributed by atoms with E-state index in [1.165, 1.54) is 57.9 Å². The summed E-state index contributed by atoms with van der Waals surface area (Å²) in [7, 11) is 0. The third-order valence-electron chi connectivity index (χ3n) is 6.19. The molecular weight excluding hydrogens is 488 g/mol. The van der Waals surface area contributed by atoms with Crippen LogP contribution >= 0.6 is 12.6 Å². The Morgan fingerprint density at radius 1 is 0.795 bits per heavy atom. The van der Waals surface area contributed by atoms with Crippen LogP contribution in [-0.4, -0.2) is 6.26 Å². The molecule has 218 valence electrons. The van der Waals surface area contributed by atoms with Crippen molar-refractivity contribution in [3.05, 3.63) is 105 Å². The van der Waals surface area contributed by atoms with Crippen molar-refractivity contribution in [3.8, 4) is 0 Å². The summed E-state index contributed by atoms with van der Waals surface area (Å²) in [4.78, 5) is 0. The summed E-state index contributed by atoms with van der Waals surface area (Å²) < 4.78 is 0. The van der Waals surface area contributed by atoms with Crippen LogP contribution in [0.5, 0.6) is 0 Å². The van der Waals surface area contributed by atoms with E-state index in [-0.39, 0.29) is 5.41 Å². The lowest BCUT2D eigenvalue weighted by Gasteiger charge is -2.23. The third-order valence-corrected chi connectivity index (χ3v) is 6.19. The van der Waals surface area contributed by atoms with Crippen molar-refractivity contribution in [2.24, 2.45) is 5.41 Å². The van der Waals surface area contributed by atoms with Crippen LogP contribution in [0.2, 0.25) is 0 Å². The number of allylic oxidation sites excluding steroid dienone is 6. The van der Waals surface area contributed by atoms with Gasteiger partial charge in [-0.15, -0.1) is 0 Å². The fourth-order valence-electron chi connectivity index (χ4n) is 4.67. The van der Waals surface area contributed by atoms with Gasteiger partial charge in [-0.1, -0.05) is 162 Å². The standard InChI is InChI=1S/C28H30.C3H8.3C2H6.CH4S/c1-5-15-28(4)16-13-21(6-2)26(14-17-28)27-24-10-8-7-9-22(24)19-23-18-20(3)11-12-25(23)27;1-3-2;4*1-2/h7-14,16-18H,3,5-6,15,19H2,1-2,4H3;3H2,1-2H3;3*1-2H3;2H,1H3. The molecule has 0 amide bonds. The molecule has 0 saturated heterocycles. The molecule has 0 bridgehead atoms. The Bertz CT molecular complexity index is 1130. The summed E-state index contributed by atoms with van der Waals surface area (Å²) in [6.45, 7) is 27.3. The van der Waals surface area contributed by atoms with Gasteiger partial charge in [0.2, 0.25) is 0 Å². The minimum absolute atomic E-state index is 0.131. The van der Waals surface area contributed by atoms with E-state index in [2.05, 4.69) is 121 Å². The molecule has 0 N–H and O–H groups in total. The van der Waals surface area contributed by atoms with Gasteiger partial charge in [0.15, 0.2) is 0 Å². The lowest BCUT2D eigenvalue weighted by Crippen LogP contribution is -2.23. The largest absolute Gasteiger partial charge is 0.183 e. The molecule has 1 heteroatoms. The van der Waals surface area contributed by atoms with Crippen molar-refractivity contribution in [2.75, 3.05) is 6.26 Å². The van der Waals surface area contributed by atoms with E-state index in [0.29, 0.717) is 0 Å². The van der Waals surface area contributed by atoms with E-state index in [1.807, 2.05) is 41.5 Å². The summed E-state index contributed by atoms with van der Waals surface area (Å²) in [5.74, 6) is 0. The van der Waals surface area contributed by atoms with Gasteiger partial charge in [-0.25, -0.2) is 0 Å². The lowest BCUT2D eigenvalue weighted by atomic mass is 9.81. The van der Waals surface area contributed by atoms with Crippen molar-refractivity contribution >= 4 is 24.8 Å². The molecule has 4 rings (SSSR count). The maximum absolute atomic E-state index is 4.16. The maximum atomic E-state index is 4.16. The molecule has 0 saturated carbocycles. The molecule has 0 spiro atoms. The first kappa shape index (κ1) is 38.9. The molecule has 2 aromatic carbocycles. The summed E-state index contributed by atoms with van der Waals surface area (Å²) in [6, 6.07) is 15.6. The minimum Gasteiger partial charge on any atom is -0.183 e. The molecule has 1 unspecified atom stereocenters. The van der Waals surface area contributed by atoms with Gasteiger partial charge in [-0.3, -0.25) is 0 Å². The number of rotatable bonds is 4. The Hall–Kier alpha value is -2.25. The molecule has 0 aromatic heterocycles. The zero-order chi connectivity index (χ0) is 30.4. The second kappa shape index (κ2) is 22.6. The van der Waals surface area contributed by atoms with Crippen LogP contribution in [0.25, 0.3) is 12.2 Å². The number of hydrogen-bond donors (Lipinski definition) is 1. The van der Waals surface area contributed by atoms with Crippen LogP contribution in [0.1, 0.15) is 119 Å². The third kappa shape index (κ3) is 11.4. The van der Waals surface area contributed by atoms with Crippen molar-refractivity contribution < 1.29 is 0 Å². The second-order valence-corrected chi connectivity index (χ2v) is 9.12. The lowest BCUT2D eigenvalue weighted by molar-refractivity contribution is 0.492. The second-order valence-electron chi connectivity index (χ2n) is 9.12. The Labute approximate surface area is 249 Å². The van der Waals surface area contributed by atoms with E-state index in [1.54, 1.807) is 6.26 Å². The SMILES string of the molecule is C=c1ccc2c(c1)Cc1ccccc1C=2C1=C(CC)C=CC(C)(CCC)C=C1.CC.CC.CC.CCC.CS. The van der Waals surface area contributed by atoms with Crippen LogP contribution in [0, 0.1) is 5.41 Å². The Morgan fingerprint density at radius 2 is 1.36 bits per heavy atom. The van der Waals surface area contributed by atoms with Crippen molar-refractivity contribution in [3.63, 3.8) is 0 Å². The summed E-state index contributed by atoms with van der Waals surface area (Å²) >= 11 is 3.53. The van der Waals surface area contributed by atoms with Crippen LogP contribution in [-0.2, 0) is 6.42 Å². The fourth-order valence-corrected chi connectivity index (χ4v) is 4.67. The van der Waals surface area contributed by atoms with Gasteiger partial charge < -0.3 is 0 Å². The fraction of sp³-hybridized carbons (Fsp3) is 0.474. The predicted molar refractivity (Wildman–Crippen MR) is 187 cm³/mol. The van der Waals surface area contributed by atoms with Gasteiger partial charge in [0.25, 0.3) is 0 Å². The highest BCUT2D eigenvalue weighted by molar-refractivity contribution is 7.79. The summed E-state index contributed by atoms with van der Waals surface area (Å²) in [6.07, 6.45) is 16.9. The molecule has 1 atom stereocenters. The average Bonchev–Trinajstić information content (AvgIpc) is 3.15. The van der Waals surface area contributed by atoms with Gasteiger partial charge in [0.05, 0.1) is 0 Å². The molecule has 39 heavy (non-hydrogen) atoms. The van der Waals surface area contributed by atoms with E-state index in [0.717, 1.165) is 18.1 Å². The first-order valence-corrected chi connectivity index (χ1v) is 16.3. The van der Waals surface area contributed by atoms with Crippen LogP contribution in [0.3, 0.4) is 0 Å². The van der Waals surface area contributed by atoms with Crippen LogP contribution in [0.4, 0.5) is 0 Å². The van der Waals surface area contributed by atoms with E-state index < -0.39 is 0 Å². The Morgan fingerprint density at radius 3 is 1.92 bits per heavy atom. The topological polar surface area (TPSA) is 0 Å². The normalized spacial score (nSPS) is 16.0. The molecule has 0 nitrogen and oxygen atoms in total. The molecule has 0 fully saturated rings. The molecule has 0 radical (unpaired) electrons. The van der Waals surface area contributed by atoms with E-state index >= 15 is 0 Å². The average molecular weight is 549 g/mol. The number of fused-ring (bicyclic) bond motifs is 2. The maximum Gasteiger partial charge on any atom is 0.00391 e. The van der Waals surface area contributed by atoms with Gasteiger partial charge in [-0.2, -0.15) is 12.6 Å². The van der Waals surface area contributed by atoms with Gasteiger partial charge >= 0.3 is 0 Å². The highest BCUT2D eigenvalue weighted by Gasteiger charge is 2.23. The quantitative estimate of drug-likeness (QED) is 0.361. The highest BCUT2D eigenvalue weighted by atomic mass is 32.1. The molecule has 2 aliphatic carbocycles. The highest BCUT2D eigenvalue weighted by Crippen LogP contribution is 2.37. The molecule has 2 aliphatic rings. The van der Waals surface area contributed by atoms with E-state index in [4.69, 9.17) is 0 Å². The molecule has 0 aliphatic heterocycles. The van der Waals surface area contributed by atoms with Crippen LogP contribution < -0.4 is 10.4 Å². The Kier molecular flexibility index (Phi) is 22.5. The summed E-state index contributed by atoms with van der Waals surface area (Å²) in [5.41, 5.74) is 8.50. The van der Waals surface area contributed by atoms with Gasteiger partial charge in [0, 0.05) is 5.41 Å². The molecule has 0 heterocycles. The minimum atomic E-state index is 0.131. The smallest absolute Gasteiger partial charge is 0.00391 e. The van der Waals surface area contributed by atoms with Crippen molar-refractivity contribution in [1.29, 1.82) is 0 Å². The van der Waals surface area contributed by atoms with Crippen LogP contribution in [0.15, 0.2) is 77.9 Å². The van der Waals surface area contributed by atoms with Crippen molar-refractivity contribution in [2.45, 2.75) is 108 Å². The first-order valence-electron chi connectivity index (χ1n) is 15.4. The zero-order valence-corrected chi connectivity index (χ0v) is 28.4. The number of benzene rings is 2. The van der Waals surface area contributed by atoms with Crippen molar-refractivity contribution in [1.82, 2.24) is 0 Å². The summed E-state index contributed by atoms with van der Waals surface area (Å²) in [5, 5.41) is 2.46. The van der Waals surface area contributed by atoms with Gasteiger partial charge in [0.1, 0.15) is 0 Å². The number of thiol groups is 1. The first-order chi connectivity index (χ1) is 19.0. The monoisotopic (exact) mass is 548 g/mol. The van der Waals surface area contributed by atoms with E-state index in [9.17, 15) is 0 Å². The predicted octanol–water partition coefficient (Wildman–Crippen LogP) is 10.9. The molecule has 2 aromatic rings. The zero-order valence-electron chi connectivity index (χ0n) is 27.5. The van der Waals surface area contributed by atoms with Gasteiger partial charge in [-0.05, 0) is 69.4 Å². The number of hydrogen-bond acceptors (Lipinski definition) is 1. The Balaban J connectivity index is 0.